The van der Waals surface area contributed by atoms with Gasteiger partial charge >= 0.3 is 0 Å². The zero-order valence-corrected chi connectivity index (χ0v) is 16.4. The highest BCUT2D eigenvalue weighted by molar-refractivity contribution is 7.81. The molecule has 27 heavy (non-hydrogen) atoms. The maximum atomic E-state index is 11.3. The van der Waals surface area contributed by atoms with Gasteiger partial charge in [0.15, 0.2) is 11.6 Å². The molecule has 1 amide bonds. The van der Waals surface area contributed by atoms with Gasteiger partial charge in [-0.15, -0.1) is 0 Å². The van der Waals surface area contributed by atoms with Gasteiger partial charge in [-0.1, -0.05) is 0 Å². The number of amides is 1. The van der Waals surface area contributed by atoms with Crippen LogP contribution in [0, 0.1) is 5.41 Å². The van der Waals surface area contributed by atoms with E-state index < -0.39 is 10.7 Å². The van der Waals surface area contributed by atoms with Crippen molar-refractivity contribution in [1.29, 1.82) is 5.41 Å². The third-order valence-electron chi connectivity index (χ3n) is 4.43. The monoisotopic (exact) mass is 392 g/mol. The molecule has 1 aromatic heterocycles. The van der Waals surface area contributed by atoms with Gasteiger partial charge in [0.2, 0.25) is 5.95 Å². The third-order valence-corrected chi connectivity index (χ3v) is 4.64. The maximum absolute atomic E-state index is 11.3. The number of fused-ring (bicyclic) bond motifs is 3. The van der Waals surface area contributed by atoms with Crippen LogP contribution in [0.3, 0.4) is 0 Å². The molecule has 2 atom stereocenters. The highest BCUT2D eigenvalue weighted by Crippen LogP contribution is 2.43. The Balaban J connectivity index is 2.08. The SMILES string of the molecule is C[C@@H]1COC[C@H]2COc3c(nc(N/C=C(\C=N)C(N)=O)nc3C(C)(C)S)N21. The molecule has 0 spiro atoms. The summed E-state index contributed by atoms with van der Waals surface area (Å²) in [4.78, 5) is 22.6. The van der Waals surface area contributed by atoms with Crippen LogP contribution >= 0.6 is 12.6 Å². The number of thiol groups is 1. The number of morpholine rings is 1. The summed E-state index contributed by atoms with van der Waals surface area (Å²) in [7, 11) is 0. The van der Waals surface area contributed by atoms with Gasteiger partial charge in [-0.05, 0) is 20.8 Å². The van der Waals surface area contributed by atoms with Crippen LogP contribution in [0.25, 0.3) is 0 Å². The van der Waals surface area contributed by atoms with Crippen LogP contribution in [0.4, 0.5) is 11.8 Å². The number of nitrogens with zero attached hydrogens (tertiary/aromatic N) is 3. The molecule has 1 saturated heterocycles. The summed E-state index contributed by atoms with van der Waals surface area (Å²) in [6, 6.07) is 0.196. The molecule has 0 bridgehead atoms. The van der Waals surface area contributed by atoms with Crippen LogP contribution < -0.4 is 20.7 Å². The van der Waals surface area contributed by atoms with Crippen molar-refractivity contribution in [2.24, 2.45) is 5.73 Å². The predicted octanol–water partition coefficient (Wildman–Crippen LogP) is 1.06. The van der Waals surface area contributed by atoms with Crippen LogP contribution in [0.5, 0.6) is 5.75 Å². The van der Waals surface area contributed by atoms with E-state index in [1.54, 1.807) is 0 Å². The van der Waals surface area contributed by atoms with Crippen LogP contribution in [-0.2, 0) is 14.3 Å². The molecule has 3 rings (SSSR count). The van der Waals surface area contributed by atoms with Gasteiger partial charge in [0, 0.05) is 12.4 Å². The van der Waals surface area contributed by atoms with Crippen LogP contribution in [-0.4, -0.2) is 54.0 Å². The molecule has 146 valence electrons. The van der Waals surface area contributed by atoms with E-state index in [0.717, 1.165) is 6.21 Å². The van der Waals surface area contributed by atoms with E-state index in [1.807, 2.05) is 13.8 Å². The van der Waals surface area contributed by atoms with Crippen molar-refractivity contribution < 1.29 is 14.3 Å². The van der Waals surface area contributed by atoms with Gasteiger partial charge in [0.1, 0.15) is 12.3 Å². The summed E-state index contributed by atoms with van der Waals surface area (Å²) < 4.78 is 11.0. The first-order valence-corrected chi connectivity index (χ1v) is 9.07. The second-order valence-electron chi connectivity index (χ2n) is 7.12. The minimum atomic E-state index is -0.713. The van der Waals surface area contributed by atoms with Crippen LogP contribution in [0.1, 0.15) is 26.5 Å². The Hall–Kier alpha value is -2.33. The number of hydrogen-bond acceptors (Lipinski definition) is 9. The highest BCUT2D eigenvalue weighted by Gasteiger charge is 2.39. The minimum absolute atomic E-state index is 0.0110. The molecule has 2 aliphatic heterocycles. The lowest BCUT2D eigenvalue weighted by Gasteiger charge is -2.45. The number of carbonyl (C=O) groups excluding carboxylic acids is 1. The topological polar surface area (TPSA) is 126 Å². The maximum Gasteiger partial charge on any atom is 0.251 e. The van der Waals surface area contributed by atoms with E-state index in [9.17, 15) is 4.79 Å². The number of aromatic nitrogens is 2. The molecule has 4 N–H and O–H groups in total. The van der Waals surface area contributed by atoms with Gasteiger partial charge in [-0.2, -0.15) is 17.6 Å². The van der Waals surface area contributed by atoms with E-state index in [2.05, 4.69) is 39.7 Å². The normalized spacial score (nSPS) is 22.4. The van der Waals surface area contributed by atoms with E-state index in [-0.39, 0.29) is 23.6 Å². The van der Waals surface area contributed by atoms with Gasteiger partial charge in [-0.3, -0.25) is 4.79 Å². The lowest BCUT2D eigenvalue weighted by atomic mass is 10.0. The van der Waals surface area contributed by atoms with Crippen molar-refractivity contribution in [1.82, 2.24) is 9.97 Å². The Morgan fingerprint density at radius 2 is 2.15 bits per heavy atom. The molecule has 0 radical (unpaired) electrons. The Morgan fingerprint density at radius 1 is 1.41 bits per heavy atom. The predicted molar refractivity (Wildman–Crippen MR) is 106 cm³/mol. The molecular formula is C17H24N6O3S. The number of nitrogens with one attached hydrogen (secondary N) is 2. The Kier molecular flexibility index (Phi) is 5.29. The molecule has 0 saturated carbocycles. The number of anilines is 2. The van der Waals surface area contributed by atoms with Gasteiger partial charge in [0.25, 0.3) is 5.91 Å². The van der Waals surface area contributed by atoms with Crippen molar-refractivity contribution in [3.05, 3.63) is 17.5 Å². The summed E-state index contributed by atoms with van der Waals surface area (Å²) in [6.45, 7) is 7.56. The van der Waals surface area contributed by atoms with Crippen molar-refractivity contribution in [2.45, 2.75) is 37.6 Å². The molecule has 0 unspecified atom stereocenters. The average molecular weight is 392 g/mol. The number of hydrogen-bond donors (Lipinski definition) is 4. The molecule has 0 aromatic carbocycles. The van der Waals surface area contributed by atoms with Crippen molar-refractivity contribution in [2.75, 3.05) is 30.0 Å². The molecule has 1 aromatic rings. The standard InChI is InChI=1S/C17H24N6O3S/c1-9-6-25-7-11-8-26-12-13(17(2,3)27)21-16(22-15(12)23(9)11)20-5-10(4-18)14(19)24/h4-5,9,11,18,27H,6-8H2,1-3H3,(H2,19,24)(H,20,21,22)/b10-5+,18-4?/t9-,11+/m1/s1. The van der Waals surface area contributed by atoms with Gasteiger partial charge < -0.3 is 30.8 Å². The van der Waals surface area contributed by atoms with E-state index in [1.165, 1.54) is 6.20 Å². The lowest BCUT2D eigenvalue weighted by Crippen LogP contribution is -2.56. The molecule has 9 nitrogen and oxygen atoms in total. The molecule has 1 fully saturated rings. The van der Waals surface area contributed by atoms with Gasteiger partial charge in [0.05, 0.1) is 35.6 Å². The fourth-order valence-electron chi connectivity index (χ4n) is 3.14. The van der Waals surface area contributed by atoms with Crippen molar-refractivity contribution in [3.63, 3.8) is 0 Å². The smallest absolute Gasteiger partial charge is 0.251 e. The van der Waals surface area contributed by atoms with Crippen LogP contribution in [0.2, 0.25) is 0 Å². The first-order chi connectivity index (χ1) is 12.7. The zero-order chi connectivity index (χ0) is 19.8. The largest absolute Gasteiger partial charge is 0.486 e. The fraction of sp³-hybridized carbons (Fsp3) is 0.529. The first-order valence-electron chi connectivity index (χ1n) is 8.63. The molecule has 10 heteroatoms. The Morgan fingerprint density at radius 3 is 2.78 bits per heavy atom. The Bertz CT molecular complexity index is 792. The summed E-state index contributed by atoms with van der Waals surface area (Å²) >= 11 is 4.66. The van der Waals surface area contributed by atoms with E-state index in [0.29, 0.717) is 37.1 Å². The number of primary amides is 1. The van der Waals surface area contributed by atoms with Crippen molar-refractivity contribution in [3.8, 4) is 5.75 Å². The third kappa shape index (κ3) is 3.86. The summed E-state index contributed by atoms with van der Waals surface area (Å²) in [5, 5.41) is 10.1. The molecule has 2 aliphatic rings. The number of carbonyl (C=O) groups is 1. The number of ether oxygens (including phenoxy) is 2. The lowest BCUT2D eigenvalue weighted by molar-refractivity contribution is -0.114. The highest BCUT2D eigenvalue weighted by atomic mass is 32.1. The minimum Gasteiger partial charge on any atom is -0.486 e. The summed E-state index contributed by atoms with van der Waals surface area (Å²) in [5.74, 6) is 0.835. The number of nitrogens with two attached hydrogens (primary N) is 1. The van der Waals surface area contributed by atoms with Gasteiger partial charge in [-0.25, -0.2) is 4.98 Å². The van der Waals surface area contributed by atoms with E-state index >= 15 is 0 Å². The van der Waals surface area contributed by atoms with E-state index in [4.69, 9.17) is 20.6 Å². The van der Waals surface area contributed by atoms with Crippen molar-refractivity contribution >= 4 is 36.5 Å². The zero-order valence-electron chi connectivity index (χ0n) is 15.5. The molecular weight excluding hydrogens is 368 g/mol. The first kappa shape index (κ1) is 19.4. The number of rotatable bonds is 5. The second-order valence-corrected chi connectivity index (χ2v) is 8.24. The fourth-order valence-corrected chi connectivity index (χ4v) is 3.29. The summed E-state index contributed by atoms with van der Waals surface area (Å²) in [5.41, 5.74) is 5.88. The molecule has 0 aliphatic carbocycles. The Labute approximate surface area is 163 Å². The average Bonchev–Trinajstić information content (AvgIpc) is 2.60. The quantitative estimate of drug-likeness (QED) is 0.335. The molecule has 3 heterocycles. The second kappa shape index (κ2) is 7.35. The van der Waals surface area contributed by atoms with Crippen LogP contribution in [0.15, 0.2) is 11.8 Å². The summed E-state index contributed by atoms with van der Waals surface area (Å²) in [6.07, 6.45) is 2.19.